The third-order valence-electron chi connectivity index (χ3n) is 3.17. The second-order valence-corrected chi connectivity index (χ2v) is 5.48. The van der Waals surface area contributed by atoms with Gasteiger partial charge in [-0.15, -0.1) is 0 Å². The van der Waals surface area contributed by atoms with Crippen LogP contribution in [0.1, 0.15) is 17.2 Å². The molecule has 2 N–H and O–H groups in total. The largest absolute Gasteiger partial charge is 0.495 e. The van der Waals surface area contributed by atoms with E-state index in [1.165, 1.54) is 0 Å². The Morgan fingerprint density at radius 3 is 2.62 bits per heavy atom. The summed E-state index contributed by atoms with van der Waals surface area (Å²) < 4.78 is 6.19. The van der Waals surface area contributed by atoms with Gasteiger partial charge in [-0.25, -0.2) is 4.79 Å². The third kappa shape index (κ3) is 3.55. The van der Waals surface area contributed by atoms with E-state index in [1.54, 1.807) is 25.3 Å². The first kappa shape index (κ1) is 15.4. The van der Waals surface area contributed by atoms with E-state index in [2.05, 4.69) is 21.2 Å². The van der Waals surface area contributed by atoms with Crippen LogP contribution in [0.3, 0.4) is 0 Å². The number of hydrogen-bond donors (Lipinski definition) is 2. The van der Waals surface area contributed by atoms with E-state index >= 15 is 0 Å². The maximum absolute atomic E-state index is 11.6. The number of methoxy groups -OCH3 is 1. The van der Waals surface area contributed by atoms with Gasteiger partial charge in [-0.3, -0.25) is 0 Å². The lowest BCUT2D eigenvalue weighted by atomic mass is 10.0. The van der Waals surface area contributed by atoms with Crippen molar-refractivity contribution in [2.75, 3.05) is 12.4 Å². The van der Waals surface area contributed by atoms with Gasteiger partial charge in [0.05, 0.1) is 12.8 Å². The molecule has 1 atom stereocenters. The average molecular weight is 350 g/mol. The van der Waals surface area contributed by atoms with Crippen LogP contribution in [-0.4, -0.2) is 18.2 Å². The summed E-state index contributed by atoms with van der Waals surface area (Å²) in [5.74, 6) is -0.333. The van der Waals surface area contributed by atoms with Crippen LogP contribution in [0.5, 0.6) is 5.75 Å². The second kappa shape index (κ2) is 6.63. The first-order valence-corrected chi connectivity index (χ1v) is 7.20. The molecule has 0 fully saturated rings. The number of aliphatic carboxylic acids is 1. The van der Waals surface area contributed by atoms with Crippen LogP contribution < -0.4 is 10.1 Å². The van der Waals surface area contributed by atoms with Crippen molar-refractivity contribution in [3.8, 4) is 5.75 Å². The van der Waals surface area contributed by atoms with Gasteiger partial charge >= 0.3 is 5.97 Å². The summed E-state index contributed by atoms with van der Waals surface area (Å²) in [6.45, 7) is 1.93. The predicted molar refractivity (Wildman–Crippen MR) is 85.9 cm³/mol. The Hall–Kier alpha value is -2.01. The fourth-order valence-corrected chi connectivity index (χ4v) is 2.30. The molecule has 4 nitrogen and oxygen atoms in total. The maximum Gasteiger partial charge on any atom is 0.330 e. The number of nitrogens with one attached hydrogen (secondary N) is 1. The molecule has 0 spiro atoms. The van der Waals surface area contributed by atoms with Gasteiger partial charge in [0, 0.05) is 4.47 Å². The Kier molecular flexibility index (Phi) is 4.85. The highest BCUT2D eigenvalue weighted by molar-refractivity contribution is 9.10. The minimum absolute atomic E-state index is 0.609. The van der Waals surface area contributed by atoms with Crippen LogP contribution >= 0.6 is 15.9 Å². The summed E-state index contributed by atoms with van der Waals surface area (Å²) >= 11 is 3.42. The molecule has 5 heteroatoms. The molecule has 1 unspecified atom stereocenters. The lowest BCUT2D eigenvalue weighted by Crippen LogP contribution is -2.21. The number of carboxylic acids is 1. The van der Waals surface area contributed by atoms with E-state index in [1.807, 2.05) is 31.2 Å². The van der Waals surface area contributed by atoms with Crippen molar-refractivity contribution in [2.45, 2.75) is 13.0 Å². The van der Waals surface area contributed by atoms with Crippen LogP contribution in [-0.2, 0) is 4.79 Å². The lowest BCUT2D eigenvalue weighted by Gasteiger charge is -2.18. The third-order valence-corrected chi connectivity index (χ3v) is 4.06. The number of halogens is 1. The van der Waals surface area contributed by atoms with Crippen LogP contribution in [0.15, 0.2) is 46.9 Å². The molecule has 0 saturated carbocycles. The first-order chi connectivity index (χ1) is 10.0. The Balaban J connectivity index is 2.35. The van der Waals surface area contributed by atoms with Gasteiger partial charge in [-0.1, -0.05) is 40.2 Å². The number of para-hydroxylation sites is 2. The quantitative estimate of drug-likeness (QED) is 0.856. The standard InChI is InChI=1S/C16H16BrNO3/c1-10-9-11(7-8-12(10)17)15(16(19)20)18-13-5-3-4-6-14(13)21-2/h3-9,15,18H,1-2H3,(H,19,20). The number of anilines is 1. The Morgan fingerprint density at radius 1 is 1.29 bits per heavy atom. The second-order valence-electron chi connectivity index (χ2n) is 4.62. The molecule has 0 radical (unpaired) electrons. The molecule has 0 aliphatic carbocycles. The molecule has 2 aromatic rings. The molecule has 21 heavy (non-hydrogen) atoms. The monoisotopic (exact) mass is 349 g/mol. The fraction of sp³-hybridized carbons (Fsp3) is 0.188. The highest BCUT2D eigenvalue weighted by atomic mass is 79.9. The topological polar surface area (TPSA) is 58.6 Å². The van der Waals surface area contributed by atoms with Crippen molar-refractivity contribution in [1.82, 2.24) is 0 Å². The molecule has 0 aliphatic rings. The predicted octanol–water partition coefficient (Wildman–Crippen LogP) is 4.00. The van der Waals surface area contributed by atoms with E-state index in [0.717, 1.165) is 10.0 Å². The van der Waals surface area contributed by atoms with Gasteiger partial charge in [-0.2, -0.15) is 0 Å². The molecule has 2 rings (SSSR count). The summed E-state index contributed by atoms with van der Waals surface area (Å²) in [6, 6.07) is 11.9. The van der Waals surface area contributed by atoms with E-state index in [9.17, 15) is 9.90 Å². The minimum Gasteiger partial charge on any atom is -0.495 e. The van der Waals surface area contributed by atoms with Crippen molar-refractivity contribution in [2.24, 2.45) is 0 Å². The molecular formula is C16H16BrNO3. The molecule has 0 saturated heterocycles. The average Bonchev–Trinajstić information content (AvgIpc) is 2.48. The van der Waals surface area contributed by atoms with Gasteiger partial charge in [0.2, 0.25) is 0 Å². The van der Waals surface area contributed by atoms with E-state index in [0.29, 0.717) is 17.0 Å². The number of carboxylic acid groups (broad SMARTS) is 1. The van der Waals surface area contributed by atoms with Crippen LogP contribution in [0, 0.1) is 6.92 Å². The zero-order valence-electron chi connectivity index (χ0n) is 11.8. The number of ether oxygens (including phenoxy) is 1. The SMILES string of the molecule is COc1ccccc1NC(C(=O)O)c1ccc(Br)c(C)c1. The Morgan fingerprint density at radius 2 is 2.00 bits per heavy atom. The van der Waals surface area contributed by atoms with E-state index < -0.39 is 12.0 Å². The summed E-state index contributed by atoms with van der Waals surface area (Å²) in [5, 5.41) is 12.5. The Bertz CT molecular complexity index is 658. The highest BCUT2D eigenvalue weighted by Gasteiger charge is 2.21. The fourth-order valence-electron chi connectivity index (χ4n) is 2.05. The highest BCUT2D eigenvalue weighted by Crippen LogP contribution is 2.29. The van der Waals surface area contributed by atoms with Crippen LogP contribution in [0.2, 0.25) is 0 Å². The minimum atomic E-state index is -0.942. The van der Waals surface area contributed by atoms with Gasteiger partial charge in [0.25, 0.3) is 0 Å². The number of rotatable bonds is 5. The summed E-state index contributed by atoms with van der Waals surface area (Å²) in [7, 11) is 1.56. The lowest BCUT2D eigenvalue weighted by molar-refractivity contribution is -0.138. The molecule has 110 valence electrons. The maximum atomic E-state index is 11.6. The smallest absolute Gasteiger partial charge is 0.330 e. The van der Waals surface area contributed by atoms with Crippen LogP contribution in [0.4, 0.5) is 5.69 Å². The van der Waals surface area contributed by atoms with E-state index in [-0.39, 0.29) is 0 Å². The van der Waals surface area contributed by atoms with Crippen molar-refractivity contribution in [3.63, 3.8) is 0 Å². The van der Waals surface area contributed by atoms with Gasteiger partial charge in [0.1, 0.15) is 5.75 Å². The van der Waals surface area contributed by atoms with Crippen molar-refractivity contribution in [3.05, 3.63) is 58.1 Å². The number of benzene rings is 2. The summed E-state index contributed by atoms with van der Waals surface area (Å²) in [6.07, 6.45) is 0. The zero-order valence-corrected chi connectivity index (χ0v) is 13.3. The Labute approximate surface area is 131 Å². The van der Waals surface area contributed by atoms with Gasteiger partial charge < -0.3 is 15.2 Å². The van der Waals surface area contributed by atoms with E-state index in [4.69, 9.17) is 4.74 Å². The van der Waals surface area contributed by atoms with Gasteiger partial charge in [-0.05, 0) is 36.2 Å². The van der Waals surface area contributed by atoms with Crippen molar-refractivity contribution < 1.29 is 14.6 Å². The zero-order chi connectivity index (χ0) is 15.4. The molecule has 0 bridgehead atoms. The molecule has 0 amide bonds. The molecule has 0 heterocycles. The molecule has 0 aromatic heterocycles. The number of hydrogen-bond acceptors (Lipinski definition) is 3. The molecule has 2 aromatic carbocycles. The van der Waals surface area contributed by atoms with Crippen LogP contribution in [0.25, 0.3) is 0 Å². The number of carbonyl (C=O) groups is 1. The molecule has 0 aliphatic heterocycles. The van der Waals surface area contributed by atoms with Crippen molar-refractivity contribution in [1.29, 1.82) is 0 Å². The van der Waals surface area contributed by atoms with Crippen molar-refractivity contribution >= 4 is 27.6 Å². The number of aryl methyl sites for hydroxylation is 1. The normalized spacial score (nSPS) is 11.8. The molecular weight excluding hydrogens is 334 g/mol. The summed E-state index contributed by atoms with van der Waals surface area (Å²) in [5.41, 5.74) is 2.32. The summed E-state index contributed by atoms with van der Waals surface area (Å²) in [4.78, 5) is 11.6. The first-order valence-electron chi connectivity index (χ1n) is 6.41. The van der Waals surface area contributed by atoms with Gasteiger partial charge in [0.15, 0.2) is 6.04 Å².